The monoisotopic (exact) mass is 452 g/mol. The lowest BCUT2D eigenvalue weighted by molar-refractivity contribution is 0.0721. The average Bonchev–Trinajstić information content (AvgIpc) is 3.16. The van der Waals surface area contributed by atoms with E-state index < -0.39 is 8.32 Å². The SMILES string of the molecule is CON=C1C[C@@H](CCO[Si](C)(C)C(C)(C)C)N(C(=O)c2ccc(-c3ccccc3)cc2)C1. The molecule has 3 rings (SSSR count). The van der Waals surface area contributed by atoms with Crippen LogP contribution in [0.4, 0.5) is 0 Å². The van der Waals surface area contributed by atoms with Gasteiger partial charge in [-0.05, 0) is 47.8 Å². The van der Waals surface area contributed by atoms with Gasteiger partial charge in [0.15, 0.2) is 8.32 Å². The molecule has 2 aromatic carbocycles. The lowest BCUT2D eigenvalue weighted by atomic mass is 10.0. The third-order valence-corrected chi connectivity index (χ3v) is 11.2. The Hall–Kier alpha value is -2.44. The van der Waals surface area contributed by atoms with Crippen LogP contribution in [0.5, 0.6) is 0 Å². The van der Waals surface area contributed by atoms with Gasteiger partial charge in [0.05, 0.1) is 12.3 Å². The van der Waals surface area contributed by atoms with E-state index in [1.807, 2.05) is 47.4 Å². The van der Waals surface area contributed by atoms with E-state index in [1.54, 1.807) is 7.11 Å². The number of carbonyl (C=O) groups excluding carboxylic acids is 1. The van der Waals surface area contributed by atoms with Crippen LogP contribution in [0.1, 0.15) is 44.0 Å². The molecule has 6 heteroatoms. The molecule has 0 N–H and O–H groups in total. The summed E-state index contributed by atoms with van der Waals surface area (Å²) in [4.78, 5) is 20.3. The van der Waals surface area contributed by atoms with Crippen LogP contribution in [0.3, 0.4) is 0 Å². The van der Waals surface area contributed by atoms with Gasteiger partial charge in [0, 0.05) is 24.6 Å². The minimum atomic E-state index is -1.82. The number of carbonyl (C=O) groups is 1. The fraction of sp³-hybridized carbons (Fsp3) is 0.462. The summed E-state index contributed by atoms with van der Waals surface area (Å²) in [5.74, 6) is 0.0308. The minimum Gasteiger partial charge on any atom is -0.417 e. The molecule has 1 atom stereocenters. The summed E-state index contributed by atoms with van der Waals surface area (Å²) in [5.41, 5.74) is 3.84. The van der Waals surface area contributed by atoms with Gasteiger partial charge < -0.3 is 14.2 Å². The molecule has 2 aromatic rings. The van der Waals surface area contributed by atoms with Gasteiger partial charge in [0.2, 0.25) is 0 Å². The highest BCUT2D eigenvalue weighted by Gasteiger charge is 2.38. The summed E-state index contributed by atoms with van der Waals surface area (Å²) in [6.45, 7) is 12.4. The molecular formula is C26H36N2O3Si. The van der Waals surface area contributed by atoms with Gasteiger partial charge >= 0.3 is 0 Å². The lowest BCUT2D eigenvalue weighted by Gasteiger charge is -2.36. The van der Waals surface area contributed by atoms with Crippen molar-refractivity contribution in [3.8, 4) is 11.1 Å². The molecule has 0 aromatic heterocycles. The molecule has 32 heavy (non-hydrogen) atoms. The molecule has 1 fully saturated rings. The number of likely N-dealkylation sites (tertiary alicyclic amines) is 1. The molecule has 1 aliphatic rings. The van der Waals surface area contributed by atoms with E-state index in [2.05, 4.69) is 51.2 Å². The van der Waals surface area contributed by atoms with E-state index in [9.17, 15) is 4.79 Å². The van der Waals surface area contributed by atoms with Crippen molar-refractivity contribution in [2.24, 2.45) is 5.16 Å². The first-order valence-corrected chi connectivity index (χ1v) is 14.2. The molecule has 1 amide bonds. The van der Waals surface area contributed by atoms with E-state index in [0.717, 1.165) is 29.7 Å². The summed E-state index contributed by atoms with van der Waals surface area (Å²) in [6.07, 6.45) is 1.52. The van der Waals surface area contributed by atoms with Crippen LogP contribution in [0, 0.1) is 0 Å². The maximum atomic E-state index is 13.4. The number of benzene rings is 2. The third kappa shape index (κ3) is 5.67. The number of hydrogen-bond acceptors (Lipinski definition) is 4. The van der Waals surface area contributed by atoms with Crippen molar-refractivity contribution in [1.82, 2.24) is 4.90 Å². The van der Waals surface area contributed by atoms with Gasteiger partial charge in [-0.25, -0.2) is 0 Å². The van der Waals surface area contributed by atoms with Crippen LogP contribution in [-0.4, -0.2) is 51.1 Å². The molecule has 0 aliphatic carbocycles. The number of oxime groups is 1. The van der Waals surface area contributed by atoms with Gasteiger partial charge in [-0.2, -0.15) is 0 Å². The van der Waals surface area contributed by atoms with Gasteiger partial charge in [0.1, 0.15) is 7.11 Å². The fourth-order valence-corrected chi connectivity index (χ4v) is 4.79. The molecule has 172 valence electrons. The molecule has 1 heterocycles. The second-order valence-electron chi connectivity index (χ2n) is 9.97. The van der Waals surface area contributed by atoms with Gasteiger partial charge in [-0.1, -0.05) is 68.4 Å². The van der Waals surface area contributed by atoms with Gasteiger partial charge in [-0.15, -0.1) is 0 Å². The normalized spacial score (nSPS) is 18.2. The molecule has 5 nitrogen and oxygen atoms in total. The third-order valence-electron chi connectivity index (χ3n) is 6.71. The van der Waals surface area contributed by atoms with Gasteiger partial charge in [0.25, 0.3) is 5.91 Å². The van der Waals surface area contributed by atoms with E-state index in [4.69, 9.17) is 9.26 Å². The van der Waals surface area contributed by atoms with Crippen LogP contribution in [0.25, 0.3) is 11.1 Å². The Balaban J connectivity index is 1.71. The second kappa shape index (κ2) is 10.0. The van der Waals surface area contributed by atoms with E-state index in [1.165, 1.54) is 0 Å². The Morgan fingerprint density at radius 2 is 1.69 bits per heavy atom. The Kier molecular flexibility index (Phi) is 7.57. The molecule has 1 aliphatic heterocycles. The van der Waals surface area contributed by atoms with Crippen molar-refractivity contribution in [1.29, 1.82) is 0 Å². The van der Waals surface area contributed by atoms with Crippen molar-refractivity contribution in [3.05, 3.63) is 60.2 Å². The highest BCUT2D eigenvalue weighted by Crippen LogP contribution is 2.37. The summed E-state index contributed by atoms with van der Waals surface area (Å²) < 4.78 is 6.38. The van der Waals surface area contributed by atoms with Crippen LogP contribution in [0.15, 0.2) is 59.8 Å². The highest BCUT2D eigenvalue weighted by molar-refractivity contribution is 6.74. The Bertz CT molecular complexity index is 934. The van der Waals surface area contributed by atoms with Crippen molar-refractivity contribution >= 4 is 19.9 Å². The van der Waals surface area contributed by atoms with E-state index >= 15 is 0 Å². The van der Waals surface area contributed by atoms with E-state index in [0.29, 0.717) is 18.7 Å². The Morgan fingerprint density at radius 3 is 2.28 bits per heavy atom. The predicted molar refractivity (Wildman–Crippen MR) is 134 cm³/mol. The summed E-state index contributed by atoms with van der Waals surface area (Å²) in [7, 11) is -0.268. The maximum Gasteiger partial charge on any atom is 0.254 e. The fourth-order valence-electron chi connectivity index (χ4n) is 3.73. The van der Waals surface area contributed by atoms with Crippen LogP contribution < -0.4 is 0 Å². The molecule has 0 radical (unpaired) electrons. The van der Waals surface area contributed by atoms with E-state index in [-0.39, 0.29) is 17.0 Å². The first kappa shape index (κ1) is 24.2. The highest BCUT2D eigenvalue weighted by atomic mass is 28.4. The quantitative estimate of drug-likeness (QED) is 0.383. The number of nitrogens with zero attached hydrogens (tertiary/aromatic N) is 2. The predicted octanol–water partition coefficient (Wildman–Crippen LogP) is 5.98. The van der Waals surface area contributed by atoms with Gasteiger partial charge in [-0.3, -0.25) is 4.79 Å². The maximum absolute atomic E-state index is 13.4. The lowest BCUT2D eigenvalue weighted by Crippen LogP contribution is -2.42. The topological polar surface area (TPSA) is 51.1 Å². The minimum absolute atomic E-state index is 0.0308. The van der Waals surface area contributed by atoms with Crippen molar-refractivity contribution in [2.75, 3.05) is 20.3 Å². The smallest absolute Gasteiger partial charge is 0.254 e. The number of amides is 1. The van der Waals surface area contributed by atoms with Crippen molar-refractivity contribution in [3.63, 3.8) is 0 Å². The van der Waals surface area contributed by atoms with Crippen LogP contribution in [0.2, 0.25) is 18.1 Å². The van der Waals surface area contributed by atoms with Crippen molar-refractivity contribution < 1.29 is 14.1 Å². The molecule has 0 spiro atoms. The van der Waals surface area contributed by atoms with Crippen LogP contribution in [-0.2, 0) is 9.26 Å². The molecule has 0 unspecified atom stereocenters. The largest absolute Gasteiger partial charge is 0.417 e. The zero-order chi connectivity index (χ0) is 23.4. The first-order chi connectivity index (χ1) is 15.1. The molecule has 0 bridgehead atoms. The number of rotatable bonds is 7. The second-order valence-corrected chi connectivity index (χ2v) is 14.8. The number of hydrogen-bond donors (Lipinski definition) is 0. The summed E-state index contributed by atoms with van der Waals surface area (Å²) in [6, 6.07) is 18.1. The van der Waals surface area contributed by atoms with Crippen molar-refractivity contribution in [2.45, 2.75) is 57.8 Å². The summed E-state index contributed by atoms with van der Waals surface area (Å²) in [5, 5.41) is 4.31. The molecule has 1 saturated heterocycles. The molecular weight excluding hydrogens is 416 g/mol. The van der Waals surface area contributed by atoms with Crippen LogP contribution >= 0.6 is 0 Å². The zero-order valence-electron chi connectivity index (χ0n) is 20.2. The first-order valence-electron chi connectivity index (χ1n) is 11.3. The average molecular weight is 453 g/mol. The zero-order valence-corrected chi connectivity index (χ0v) is 21.2. The summed E-state index contributed by atoms with van der Waals surface area (Å²) >= 11 is 0. The standard InChI is InChI=1S/C26H36N2O3Si/c1-26(2,3)32(5,6)31-17-16-24-18-23(27-30-4)19-28(24)25(29)22-14-12-21(13-15-22)20-10-8-7-9-11-20/h7-15,24H,16-19H2,1-6H3/t24-/m1/s1. The Morgan fingerprint density at radius 1 is 1.06 bits per heavy atom. The molecule has 0 saturated carbocycles. The Labute approximate surface area is 193 Å².